The van der Waals surface area contributed by atoms with E-state index in [1.54, 1.807) is 12.1 Å². The van der Waals surface area contributed by atoms with Crippen LogP contribution in [0.15, 0.2) is 24.3 Å². The van der Waals surface area contributed by atoms with Crippen molar-refractivity contribution in [1.82, 2.24) is 4.90 Å². The maximum absolute atomic E-state index is 12.8. The highest BCUT2D eigenvalue weighted by atomic mass is 19.1. The quantitative estimate of drug-likeness (QED) is 0.832. The number of carbonyl (C=O) groups excluding carboxylic acids is 1. The summed E-state index contributed by atoms with van der Waals surface area (Å²) in [4.78, 5) is 14.6. The van der Waals surface area contributed by atoms with E-state index in [4.69, 9.17) is 0 Å². The molecule has 1 aliphatic heterocycles. The summed E-state index contributed by atoms with van der Waals surface area (Å²) in [6, 6.07) is 6.24. The van der Waals surface area contributed by atoms with Crippen molar-refractivity contribution in [2.75, 3.05) is 20.1 Å². The molecule has 0 radical (unpaired) electrons. The summed E-state index contributed by atoms with van der Waals surface area (Å²) >= 11 is 0. The van der Waals surface area contributed by atoms with Gasteiger partial charge in [-0.2, -0.15) is 0 Å². The summed E-state index contributed by atoms with van der Waals surface area (Å²) in [7, 11) is 2.13. The lowest BCUT2D eigenvalue weighted by molar-refractivity contribution is -0.123. The molecule has 1 aromatic rings. The van der Waals surface area contributed by atoms with E-state index < -0.39 is 0 Å². The number of rotatable bonds is 4. The van der Waals surface area contributed by atoms with Crippen LogP contribution in [0.3, 0.4) is 0 Å². The second-order valence-corrected chi connectivity index (χ2v) is 5.70. The summed E-state index contributed by atoms with van der Waals surface area (Å²) in [6.07, 6.45) is 2.63. The van der Waals surface area contributed by atoms with Crippen LogP contribution in [0, 0.1) is 17.7 Å². The van der Waals surface area contributed by atoms with Gasteiger partial charge in [0, 0.05) is 12.3 Å². The predicted molar refractivity (Wildman–Crippen MR) is 74.5 cm³/mol. The van der Waals surface area contributed by atoms with E-state index in [0.29, 0.717) is 12.3 Å². The highest BCUT2D eigenvalue weighted by Gasteiger charge is 2.26. The Hall–Kier alpha value is -1.22. The molecule has 0 N–H and O–H groups in total. The molecule has 1 aromatic carbocycles. The third-order valence-electron chi connectivity index (χ3n) is 4.27. The highest BCUT2D eigenvalue weighted by molar-refractivity contribution is 5.83. The van der Waals surface area contributed by atoms with E-state index in [9.17, 15) is 9.18 Å². The second kappa shape index (κ2) is 6.29. The number of carbonyl (C=O) groups is 1. The molecule has 2 rings (SSSR count). The fourth-order valence-electron chi connectivity index (χ4n) is 2.76. The molecule has 19 heavy (non-hydrogen) atoms. The van der Waals surface area contributed by atoms with Crippen LogP contribution >= 0.6 is 0 Å². The normalized spacial score (nSPS) is 19.3. The Morgan fingerprint density at radius 3 is 2.47 bits per heavy atom. The van der Waals surface area contributed by atoms with Gasteiger partial charge in [-0.05, 0) is 56.6 Å². The number of piperidine rings is 1. The lowest BCUT2D eigenvalue weighted by Crippen LogP contribution is -2.35. The zero-order chi connectivity index (χ0) is 13.8. The maximum atomic E-state index is 12.8. The molecule has 0 bridgehead atoms. The van der Waals surface area contributed by atoms with E-state index >= 15 is 0 Å². The van der Waals surface area contributed by atoms with Crippen LogP contribution in [0.2, 0.25) is 0 Å². The van der Waals surface area contributed by atoms with Crippen LogP contribution in [0.25, 0.3) is 0 Å². The number of hydrogen-bond donors (Lipinski definition) is 0. The van der Waals surface area contributed by atoms with Gasteiger partial charge in [-0.1, -0.05) is 19.1 Å². The van der Waals surface area contributed by atoms with Crippen LogP contribution in [0.1, 0.15) is 25.3 Å². The highest BCUT2D eigenvalue weighted by Crippen LogP contribution is 2.25. The van der Waals surface area contributed by atoms with Crippen molar-refractivity contribution in [2.45, 2.75) is 26.2 Å². The van der Waals surface area contributed by atoms with Crippen molar-refractivity contribution in [3.63, 3.8) is 0 Å². The summed E-state index contributed by atoms with van der Waals surface area (Å²) < 4.78 is 12.8. The topological polar surface area (TPSA) is 20.3 Å². The van der Waals surface area contributed by atoms with E-state index in [2.05, 4.69) is 11.9 Å². The number of benzene rings is 1. The zero-order valence-electron chi connectivity index (χ0n) is 11.7. The molecule has 2 nitrogen and oxygen atoms in total. The summed E-state index contributed by atoms with van der Waals surface area (Å²) in [5.41, 5.74) is 0.908. The van der Waals surface area contributed by atoms with Crippen LogP contribution in [-0.4, -0.2) is 30.8 Å². The Bertz CT molecular complexity index is 421. The van der Waals surface area contributed by atoms with E-state index in [0.717, 1.165) is 31.5 Å². The average Bonchev–Trinajstić information content (AvgIpc) is 2.41. The van der Waals surface area contributed by atoms with Gasteiger partial charge in [0.25, 0.3) is 0 Å². The Balaban J connectivity index is 1.90. The van der Waals surface area contributed by atoms with Crippen molar-refractivity contribution in [1.29, 1.82) is 0 Å². The monoisotopic (exact) mass is 263 g/mol. The number of ketones is 1. The van der Waals surface area contributed by atoms with Gasteiger partial charge in [0.05, 0.1) is 0 Å². The van der Waals surface area contributed by atoms with Crippen LogP contribution in [0.4, 0.5) is 4.39 Å². The van der Waals surface area contributed by atoms with Crippen LogP contribution in [0.5, 0.6) is 0 Å². The van der Waals surface area contributed by atoms with E-state index in [1.165, 1.54) is 12.1 Å². The van der Waals surface area contributed by atoms with E-state index in [1.807, 2.05) is 6.92 Å². The Morgan fingerprint density at radius 2 is 1.89 bits per heavy atom. The molecule has 0 spiro atoms. The molecule has 1 saturated heterocycles. The maximum Gasteiger partial charge on any atom is 0.140 e. The fourth-order valence-corrected chi connectivity index (χ4v) is 2.76. The van der Waals surface area contributed by atoms with Gasteiger partial charge in [-0.25, -0.2) is 4.39 Å². The van der Waals surface area contributed by atoms with Gasteiger partial charge < -0.3 is 4.90 Å². The molecule has 1 unspecified atom stereocenters. The first-order valence-electron chi connectivity index (χ1n) is 7.02. The molecule has 0 aromatic heterocycles. The predicted octanol–water partition coefficient (Wildman–Crippen LogP) is 2.92. The van der Waals surface area contributed by atoms with Gasteiger partial charge in [0.2, 0.25) is 0 Å². The summed E-state index contributed by atoms with van der Waals surface area (Å²) in [6.45, 7) is 4.21. The molecule has 0 aliphatic carbocycles. The van der Waals surface area contributed by atoms with E-state index in [-0.39, 0.29) is 17.5 Å². The van der Waals surface area contributed by atoms with Crippen molar-refractivity contribution >= 4 is 5.78 Å². The Labute approximate surface area is 114 Å². The SMILES string of the molecule is CC(C(=O)Cc1ccc(F)cc1)C1CCN(C)CC1. The molecular formula is C16H22FNO. The summed E-state index contributed by atoms with van der Waals surface area (Å²) in [5.74, 6) is 0.642. The van der Waals surface area contributed by atoms with Gasteiger partial charge in [0.15, 0.2) is 0 Å². The Kier molecular flexibility index (Phi) is 4.70. The molecule has 104 valence electrons. The number of hydrogen-bond acceptors (Lipinski definition) is 2. The molecule has 1 atom stereocenters. The lowest BCUT2D eigenvalue weighted by atomic mass is 9.81. The molecular weight excluding hydrogens is 241 g/mol. The Morgan fingerprint density at radius 1 is 1.32 bits per heavy atom. The first kappa shape index (κ1) is 14.2. The fraction of sp³-hybridized carbons (Fsp3) is 0.562. The minimum atomic E-state index is -0.250. The van der Waals surface area contributed by atoms with Gasteiger partial charge in [0.1, 0.15) is 11.6 Å². The molecule has 1 heterocycles. The summed E-state index contributed by atoms with van der Waals surface area (Å²) in [5, 5.41) is 0. The molecule has 3 heteroatoms. The van der Waals surface area contributed by atoms with Crippen molar-refractivity contribution in [3.8, 4) is 0 Å². The third kappa shape index (κ3) is 3.87. The van der Waals surface area contributed by atoms with Gasteiger partial charge >= 0.3 is 0 Å². The largest absolute Gasteiger partial charge is 0.306 e. The minimum Gasteiger partial charge on any atom is -0.306 e. The lowest BCUT2D eigenvalue weighted by Gasteiger charge is -2.32. The average molecular weight is 263 g/mol. The van der Waals surface area contributed by atoms with Gasteiger partial charge in [-0.15, -0.1) is 0 Å². The third-order valence-corrected chi connectivity index (χ3v) is 4.27. The number of Topliss-reactive ketones (excluding diaryl/α,β-unsaturated/α-hetero) is 1. The van der Waals surface area contributed by atoms with Crippen LogP contribution < -0.4 is 0 Å². The first-order chi connectivity index (χ1) is 9.06. The van der Waals surface area contributed by atoms with Crippen LogP contribution in [-0.2, 0) is 11.2 Å². The van der Waals surface area contributed by atoms with Crippen molar-refractivity contribution in [3.05, 3.63) is 35.6 Å². The number of likely N-dealkylation sites (tertiary alicyclic amines) is 1. The van der Waals surface area contributed by atoms with Gasteiger partial charge in [-0.3, -0.25) is 4.79 Å². The number of halogens is 1. The molecule has 1 aliphatic rings. The molecule has 1 fully saturated rings. The molecule has 0 saturated carbocycles. The number of nitrogens with zero attached hydrogens (tertiary/aromatic N) is 1. The smallest absolute Gasteiger partial charge is 0.140 e. The zero-order valence-corrected chi connectivity index (χ0v) is 11.7. The standard InChI is InChI=1S/C16H22FNO/c1-12(14-7-9-18(2)10-8-14)16(19)11-13-3-5-15(17)6-4-13/h3-6,12,14H,7-11H2,1-2H3. The minimum absolute atomic E-state index is 0.110. The van der Waals surface area contributed by atoms with Crippen molar-refractivity contribution < 1.29 is 9.18 Å². The molecule has 0 amide bonds. The second-order valence-electron chi connectivity index (χ2n) is 5.70. The van der Waals surface area contributed by atoms with Crippen molar-refractivity contribution in [2.24, 2.45) is 11.8 Å². The first-order valence-corrected chi connectivity index (χ1v) is 7.02.